The van der Waals surface area contributed by atoms with Gasteiger partial charge in [0.2, 0.25) is 11.8 Å². The Morgan fingerprint density at radius 2 is 2.17 bits per heavy atom. The lowest BCUT2D eigenvalue weighted by atomic mass is 10.3. The number of carbonyl (C=O) groups excluding carboxylic acids is 1. The van der Waals surface area contributed by atoms with Crippen LogP contribution in [0.1, 0.15) is 19.8 Å². The van der Waals surface area contributed by atoms with E-state index in [1.165, 1.54) is 0 Å². The van der Waals surface area contributed by atoms with Crippen LogP contribution in [0.25, 0.3) is 0 Å². The van der Waals surface area contributed by atoms with Gasteiger partial charge >= 0.3 is 0 Å². The predicted octanol–water partition coefficient (Wildman–Crippen LogP) is 4.39. The maximum Gasteiger partial charge on any atom is 0.224 e. The molecule has 1 heterocycles. The van der Waals surface area contributed by atoms with E-state index in [4.69, 9.17) is 9.47 Å². The third kappa shape index (κ3) is 6.38. The SMILES string of the molecule is CCOCCCC(=O)Nc1ccc(Oc2cccc(Br)c2)nc1. The van der Waals surface area contributed by atoms with Gasteiger partial charge in [-0.25, -0.2) is 4.98 Å². The van der Waals surface area contributed by atoms with Crippen LogP contribution in [0.3, 0.4) is 0 Å². The maximum absolute atomic E-state index is 11.8. The highest BCUT2D eigenvalue weighted by atomic mass is 79.9. The van der Waals surface area contributed by atoms with Gasteiger partial charge < -0.3 is 14.8 Å². The average Bonchev–Trinajstić information content (AvgIpc) is 2.54. The molecule has 0 unspecified atom stereocenters. The van der Waals surface area contributed by atoms with Crippen molar-refractivity contribution in [3.05, 3.63) is 47.1 Å². The number of aromatic nitrogens is 1. The molecular formula is C17H19BrN2O3. The molecule has 23 heavy (non-hydrogen) atoms. The molecule has 2 aromatic rings. The fraction of sp³-hybridized carbons (Fsp3) is 0.294. The predicted molar refractivity (Wildman–Crippen MR) is 92.8 cm³/mol. The Balaban J connectivity index is 1.83. The van der Waals surface area contributed by atoms with E-state index in [0.717, 1.165) is 4.47 Å². The van der Waals surface area contributed by atoms with Gasteiger partial charge in [-0.15, -0.1) is 0 Å². The van der Waals surface area contributed by atoms with Crippen LogP contribution in [0.5, 0.6) is 11.6 Å². The van der Waals surface area contributed by atoms with Crippen molar-refractivity contribution in [2.24, 2.45) is 0 Å². The number of rotatable bonds is 8. The van der Waals surface area contributed by atoms with Crippen molar-refractivity contribution in [2.75, 3.05) is 18.5 Å². The highest BCUT2D eigenvalue weighted by Crippen LogP contribution is 2.23. The summed E-state index contributed by atoms with van der Waals surface area (Å²) in [7, 11) is 0. The number of hydrogen-bond acceptors (Lipinski definition) is 4. The molecule has 0 aliphatic rings. The zero-order valence-corrected chi connectivity index (χ0v) is 14.5. The largest absolute Gasteiger partial charge is 0.439 e. The number of nitrogens with zero attached hydrogens (tertiary/aromatic N) is 1. The Morgan fingerprint density at radius 3 is 2.87 bits per heavy atom. The highest BCUT2D eigenvalue weighted by Gasteiger charge is 2.04. The molecule has 0 bridgehead atoms. The second-order valence-electron chi connectivity index (χ2n) is 4.79. The topological polar surface area (TPSA) is 60.5 Å². The first-order valence-electron chi connectivity index (χ1n) is 7.44. The fourth-order valence-electron chi connectivity index (χ4n) is 1.87. The summed E-state index contributed by atoms with van der Waals surface area (Å²) in [4.78, 5) is 15.9. The van der Waals surface area contributed by atoms with Gasteiger partial charge in [0.05, 0.1) is 11.9 Å². The first-order valence-corrected chi connectivity index (χ1v) is 8.23. The van der Waals surface area contributed by atoms with E-state index >= 15 is 0 Å². The van der Waals surface area contributed by atoms with Crippen LogP contribution in [-0.2, 0) is 9.53 Å². The molecule has 0 saturated heterocycles. The third-order valence-electron chi connectivity index (χ3n) is 2.94. The average molecular weight is 379 g/mol. The van der Waals surface area contributed by atoms with Crippen molar-refractivity contribution in [1.82, 2.24) is 4.98 Å². The first kappa shape index (κ1) is 17.4. The minimum Gasteiger partial charge on any atom is -0.439 e. The fourth-order valence-corrected chi connectivity index (χ4v) is 2.25. The van der Waals surface area contributed by atoms with Crippen LogP contribution < -0.4 is 10.1 Å². The van der Waals surface area contributed by atoms with E-state index in [2.05, 4.69) is 26.2 Å². The Morgan fingerprint density at radius 1 is 1.30 bits per heavy atom. The van der Waals surface area contributed by atoms with Gasteiger partial charge in [-0.05, 0) is 37.6 Å². The van der Waals surface area contributed by atoms with E-state index in [0.29, 0.717) is 43.4 Å². The van der Waals surface area contributed by atoms with Crippen molar-refractivity contribution in [3.63, 3.8) is 0 Å². The number of anilines is 1. The molecule has 0 spiro atoms. The van der Waals surface area contributed by atoms with Gasteiger partial charge in [-0.1, -0.05) is 22.0 Å². The van der Waals surface area contributed by atoms with Gasteiger partial charge in [0.15, 0.2) is 0 Å². The summed E-state index contributed by atoms with van der Waals surface area (Å²) in [6.45, 7) is 3.20. The summed E-state index contributed by atoms with van der Waals surface area (Å²) in [5, 5.41) is 2.80. The molecule has 1 aromatic heterocycles. The summed E-state index contributed by atoms with van der Waals surface area (Å²) in [6.07, 6.45) is 2.71. The van der Waals surface area contributed by atoms with E-state index in [9.17, 15) is 4.79 Å². The number of benzene rings is 1. The molecule has 122 valence electrons. The molecule has 2 rings (SSSR count). The first-order chi connectivity index (χ1) is 11.2. The lowest BCUT2D eigenvalue weighted by molar-refractivity contribution is -0.116. The monoisotopic (exact) mass is 378 g/mol. The van der Waals surface area contributed by atoms with Crippen LogP contribution >= 0.6 is 15.9 Å². The van der Waals surface area contributed by atoms with Crippen LogP contribution in [-0.4, -0.2) is 24.1 Å². The number of hydrogen-bond donors (Lipinski definition) is 1. The molecule has 6 heteroatoms. The lowest BCUT2D eigenvalue weighted by Crippen LogP contribution is -2.12. The quantitative estimate of drug-likeness (QED) is 0.691. The molecular weight excluding hydrogens is 360 g/mol. The standard InChI is InChI=1S/C17H19BrN2O3/c1-2-22-10-4-7-16(21)20-14-8-9-17(19-12-14)23-15-6-3-5-13(18)11-15/h3,5-6,8-9,11-12H,2,4,7,10H2,1H3,(H,20,21). The van der Waals surface area contributed by atoms with Crippen LogP contribution in [0.2, 0.25) is 0 Å². The molecule has 1 aromatic carbocycles. The van der Waals surface area contributed by atoms with Crippen molar-refractivity contribution in [3.8, 4) is 11.6 Å². The Bertz CT molecular complexity index is 632. The number of pyridine rings is 1. The van der Waals surface area contributed by atoms with Crippen LogP contribution in [0, 0.1) is 0 Å². The van der Waals surface area contributed by atoms with E-state index < -0.39 is 0 Å². The smallest absolute Gasteiger partial charge is 0.224 e. The zero-order valence-electron chi connectivity index (χ0n) is 12.9. The number of halogens is 1. The summed E-state index contributed by atoms with van der Waals surface area (Å²) in [5.41, 5.74) is 0.646. The van der Waals surface area contributed by atoms with Crippen LogP contribution in [0.15, 0.2) is 47.1 Å². The number of ether oxygens (including phenoxy) is 2. The number of nitrogens with one attached hydrogen (secondary N) is 1. The minimum absolute atomic E-state index is 0.0489. The summed E-state index contributed by atoms with van der Waals surface area (Å²) < 4.78 is 11.8. The molecule has 5 nitrogen and oxygen atoms in total. The Kier molecular flexibility index (Phi) is 7.03. The minimum atomic E-state index is -0.0489. The molecule has 0 saturated carbocycles. The van der Waals surface area contributed by atoms with E-state index in [-0.39, 0.29) is 5.91 Å². The van der Waals surface area contributed by atoms with Gasteiger partial charge in [-0.3, -0.25) is 4.79 Å². The Labute approximate surface area is 144 Å². The highest BCUT2D eigenvalue weighted by molar-refractivity contribution is 9.10. The second kappa shape index (κ2) is 9.27. The van der Waals surface area contributed by atoms with Gasteiger partial charge in [0, 0.05) is 30.2 Å². The molecule has 1 N–H and O–H groups in total. The maximum atomic E-state index is 11.8. The van der Waals surface area contributed by atoms with E-state index in [1.54, 1.807) is 18.3 Å². The zero-order chi connectivity index (χ0) is 16.5. The number of carbonyl (C=O) groups is 1. The summed E-state index contributed by atoms with van der Waals surface area (Å²) in [6, 6.07) is 11.0. The van der Waals surface area contributed by atoms with Crippen molar-refractivity contribution < 1.29 is 14.3 Å². The normalized spacial score (nSPS) is 10.3. The van der Waals surface area contributed by atoms with Crippen molar-refractivity contribution in [1.29, 1.82) is 0 Å². The van der Waals surface area contributed by atoms with Gasteiger partial charge in [0.1, 0.15) is 5.75 Å². The third-order valence-corrected chi connectivity index (χ3v) is 3.43. The van der Waals surface area contributed by atoms with Gasteiger partial charge in [-0.2, -0.15) is 0 Å². The van der Waals surface area contributed by atoms with Crippen LogP contribution in [0.4, 0.5) is 5.69 Å². The van der Waals surface area contributed by atoms with Crippen molar-refractivity contribution in [2.45, 2.75) is 19.8 Å². The second-order valence-corrected chi connectivity index (χ2v) is 5.71. The molecule has 1 amide bonds. The van der Waals surface area contributed by atoms with Crippen molar-refractivity contribution >= 4 is 27.5 Å². The Hall–Kier alpha value is -1.92. The summed E-state index contributed by atoms with van der Waals surface area (Å²) in [5.74, 6) is 1.11. The number of amides is 1. The van der Waals surface area contributed by atoms with E-state index in [1.807, 2.05) is 31.2 Å². The molecule has 0 fully saturated rings. The lowest BCUT2D eigenvalue weighted by Gasteiger charge is -2.07. The molecule has 0 atom stereocenters. The molecule has 0 radical (unpaired) electrons. The molecule has 0 aliphatic heterocycles. The summed E-state index contributed by atoms with van der Waals surface area (Å²) >= 11 is 3.39. The molecule has 0 aliphatic carbocycles. The van der Waals surface area contributed by atoms with Gasteiger partial charge in [0.25, 0.3) is 0 Å².